The molecule has 1 aromatic carbocycles. The molecule has 1 amide bonds. The highest BCUT2D eigenvalue weighted by Gasteiger charge is 2.09. The second kappa shape index (κ2) is 5.27. The third-order valence-electron chi connectivity index (χ3n) is 2.32. The van der Waals surface area contributed by atoms with Crippen molar-refractivity contribution in [3.8, 4) is 0 Å². The van der Waals surface area contributed by atoms with Crippen LogP contribution in [0.4, 0.5) is 10.1 Å². The Morgan fingerprint density at radius 1 is 1.33 bits per heavy atom. The van der Waals surface area contributed by atoms with Crippen molar-refractivity contribution in [2.75, 3.05) is 5.32 Å². The zero-order chi connectivity index (χ0) is 13.1. The van der Waals surface area contributed by atoms with E-state index >= 15 is 0 Å². The molecular formula is C13H10BrFN2O. The van der Waals surface area contributed by atoms with Crippen molar-refractivity contribution in [2.24, 2.45) is 0 Å². The van der Waals surface area contributed by atoms with Gasteiger partial charge in [0.2, 0.25) is 0 Å². The monoisotopic (exact) mass is 308 g/mol. The van der Waals surface area contributed by atoms with E-state index in [0.717, 1.165) is 5.56 Å². The van der Waals surface area contributed by atoms with Crippen molar-refractivity contribution in [3.05, 3.63) is 58.1 Å². The van der Waals surface area contributed by atoms with Crippen molar-refractivity contribution in [1.29, 1.82) is 0 Å². The molecule has 92 valence electrons. The lowest BCUT2D eigenvalue weighted by Crippen LogP contribution is -2.12. The van der Waals surface area contributed by atoms with Crippen LogP contribution in [0.1, 0.15) is 15.9 Å². The fourth-order valence-corrected chi connectivity index (χ4v) is 1.91. The van der Waals surface area contributed by atoms with Gasteiger partial charge >= 0.3 is 0 Å². The highest BCUT2D eigenvalue weighted by Crippen LogP contribution is 2.23. The van der Waals surface area contributed by atoms with Crippen LogP contribution in [0.5, 0.6) is 0 Å². The Morgan fingerprint density at radius 2 is 2.11 bits per heavy atom. The molecule has 0 spiro atoms. The number of nitrogens with one attached hydrogen (secondary N) is 1. The van der Waals surface area contributed by atoms with Crippen LogP contribution in [0.2, 0.25) is 0 Å². The van der Waals surface area contributed by atoms with Gasteiger partial charge in [-0.25, -0.2) is 4.39 Å². The zero-order valence-electron chi connectivity index (χ0n) is 9.58. The lowest BCUT2D eigenvalue weighted by Gasteiger charge is -2.07. The molecule has 0 atom stereocenters. The molecule has 1 aromatic heterocycles. The van der Waals surface area contributed by atoms with Gasteiger partial charge in [-0.05, 0) is 52.7 Å². The Labute approximate surface area is 112 Å². The average Bonchev–Trinajstić information content (AvgIpc) is 2.32. The molecule has 5 heteroatoms. The van der Waals surface area contributed by atoms with Crippen LogP contribution >= 0.6 is 15.9 Å². The fourth-order valence-electron chi connectivity index (χ4n) is 1.46. The van der Waals surface area contributed by atoms with Crippen molar-refractivity contribution < 1.29 is 9.18 Å². The summed E-state index contributed by atoms with van der Waals surface area (Å²) in [6, 6.07) is 5.82. The highest BCUT2D eigenvalue weighted by atomic mass is 79.9. The highest BCUT2D eigenvalue weighted by molar-refractivity contribution is 9.10. The third kappa shape index (κ3) is 2.92. The maximum atomic E-state index is 12.9. The van der Waals surface area contributed by atoms with E-state index in [-0.39, 0.29) is 11.7 Å². The Kier molecular flexibility index (Phi) is 3.72. The van der Waals surface area contributed by atoms with Crippen LogP contribution in [0.15, 0.2) is 41.1 Å². The van der Waals surface area contributed by atoms with E-state index in [1.165, 1.54) is 24.4 Å². The Hall–Kier alpha value is -1.75. The molecule has 0 unspecified atom stereocenters. The molecule has 0 bridgehead atoms. The number of carbonyl (C=O) groups excluding carboxylic acids is 1. The summed E-state index contributed by atoms with van der Waals surface area (Å²) in [5.74, 6) is -0.643. The Bertz CT molecular complexity index is 601. The van der Waals surface area contributed by atoms with Crippen LogP contribution in [0.3, 0.4) is 0 Å². The molecule has 0 radical (unpaired) electrons. The van der Waals surface area contributed by atoms with E-state index in [0.29, 0.717) is 15.7 Å². The predicted octanol–water partition coefficient (Wildman–Crippen LogP) is 3.54. The summed E-state index contributed by atoms with van der Waals surface area (Å²) in [4.78, 5) is 15.9. The number of pyridine rings is 1. The molecule has 0 saturated heterocycles. The van der Waals surface area contributed by atoms with E-state index in [1.54, 1.807) is 12.3 Å². The van der Waals surface area contributed by atoms with E-state index in [4.69, 9.17) is 0 Å². The summed E-state index contributed by atoms with van der Waals surface area (Å²) in [7, 11) is 0. The number of hydrogen-bond acceptors (Lipinski definition) is 2. The quantitative estimate of drug-likeness (QED) is 0.922. The number of benzene rings is 1. The average molecular weight is 309 g/mol. The standard InChI is InChI=1S/C13H10BrFN2O/c1-8-4-9(7-16-6-8)13(18)17-12-3-2-10(15)5-11(12)14/h2-7H,1H3,(H,17,18). The van der Waals surface area contributed by atoms with Gasteiger partial charge in [0, 0.05) is 16.9 Å². The topological polar surface area (TPSA) is 42.0 Å². The summed E-state index contributed by atoms with van der Waals surface area (Å²) in [5, 5.41) is 2.69. The number of aromatic nitrogens is 1. The van der Waals surface area contributed by atoms with Crippen molar-refractivity contribution in [3.63, 3.8) is 0 Å². The van der Waals surface area contributed by atoms with Gasteiger partial charge in [0.25, 0.3) is 5.91 Å². The first kappa shape index (κ1) is 12.7. The van der Waals surface area contributed by atoms with Gasteiger partial charge in [0.1, 0.15) is 5.82 Å². The Morgan fingerprint density at radius 3 is 2.78 bits per heavy atom. The van der Waals surface area contributed by atoms with Gasteiger partial charge in [0.15, 0.2) is 0 Å². The van der Waals surface area contributed by atoms with E-state index in [1.807, 2.05) is 6.92 Å². The number of amides is 1. The second-order valence-electron chi connectivity index (χ2n) is 3.83. The second-order valence-corrected chi connectivity index (χ2v) is 4.68. The van der Waals surface area contributed by atoms with Crippen LogP contribution < -0.4 is 5.32 Å². The number of carbonyl (C=O) groups is 1. The van der Waals surface area contributed by atoms with Crippen molar-refractivity contribution in [1.82, 2.24) is 4.98 Å². The van der Waals surface area contributed by atoms with Gasteiger partial charge in [0.05, 0.1) is 11.3 Å². The molecule has 0 aliphatic rings. The minimum atomic E-state index is -0.364. The zero-order valence-corrected chi connectivity index (χ0v) is 11.2. The lowest BCUT2D eigenvalue weighted by atomic mass is 10.2. The van der Waals surface area contributed by atoms with Gasteiger partial charge in [-0.1, -0.05) is 0 Å². The number of aryl methyl sites for hydroxylation is 1. The van der Waals surface area contributed by atoms with Gasteiger partial charge in [-0.2, -0.15) is 0 Å². The van der Waals surface area contributed by atoms with Crippen molar-refractivity contribution >= 4 is 27.5 Å². The molecule has 1 N–H and O–H groups in total. The first-order valence-corrected chi connectivity index (χ1v) is 6.03. The van der Waals surface area contributed by atoms with E-state index in [9.17, 15) is 9.18 Å². The fraction of sp³-hybridized carbons (Fsp3) is 0.0769. The third-order valence-corrected chi connectivity index (χ3v) is 2.97. The van der Waals surface area contributed by atoms with Crippen molar-refractivity contribution in [2.45, 2.75) is 6.92 Å². The molecular weight excluding hydrogens is 299 g/mol. The van der Waals surface area contributed by atoms with Crippen LogP contribution in [-0.4, -0.2) is 10.9 Å². The van der Waals surface area contributed by atoms with Gasteiger partial charge in [-0.15, -0.1) is 0 Å². The maximum absolute atomic E-state index is 12.9. The molecule has 0 aliphatic heterocycles. The molecule has 2 rings (SSSR count). The maximum Gasteiger partial charge on any atom is 0.257 e. The summed E-state index contributed by atoms with van der Waals surface area (Å²) in [6.07, 6.45) is 3.16. The Balaban J connectivity index is 2.21. The summed E-state index contributed by atoms with van der Waals surface area (Å²) >= 11 is 3.19. The lowest BCUT2D eigenvalue weighted by molar-refractivity contribution is 0.102. The summed E-state index contributed by atoms with van der Waals surface area (Å²) in [6.45, 7) is 1.86. The number of nitrogens with zero attached hydrogens (tertiary/aromatic N) is 1. The van der Waals surface area contributed by atoms with Crippen LogP contribution in [-0.2, 0) is 0 Å². The number of anilines is 1. The molecule has 0 fully saturated rings. The molecule has 18 heavy (non-hydrogen) atoms. The number of halogens is 2. The molecule has 1 heterocycles. The largest absolute Gasteiger partial charge is 0.321 e. The smallest absolute Gasteiger partial charge is 0.257 e. The molecule has 0 aliphatic carbocycles. The summed E-state index contributed by atoms with van der Waals surface area (Å²) < 4.78 is 13.4. The summed E-state index contributed by atoms with van der Waals surface area (Å²) in [5.41, 5.74) is 1.88. The van der Waals surface area contributed by atoms with Crippen LogP contribution in [0.25, 0.3) is 0 Å². The van der Waals surface area contributed by atoms with Crippen LogP contribution in [0, 0.1) is 12.7 Å². The molecule has 0 saturated carbocycles. The first-order valence-electron chi connectivity index (χ1n) is 5.24. The minimum Gasteiger partial charge on any atom is -0.321 e. The predicted molar refractivity (Wildman–Crippen MR) is 71.0 cm³/mol. The van der Waals surface area contributed by atoms with Gasteiger partial charge < -0.3 is 5.32 Å². The normalized spacial score (nSPS) is 10.2. The number of rotatable bonds is 2. The van der Waals surface area contributed by atoms with E-state index < -0.39 is 0 Å². The van der Waals surface area contributed by atoms with E-state index in [2.05, 4.69) is 26.2 Å². The molecule has 3 nitrogen and oxygen atoms in total. The molecule has 2 aromatic rings. The SMILES string of the molecule is Cc1cncc(C(=O)Nc2ccc(F)cc2Br)c1. The van der Waals surface area contributed by atoms with Gasteiger partial charge in [-0.3, -0.25) is 9.78 Å². The number of hydrogen-bond donors (Lipinski definition) is 1. The minimum absolute atomic E-state index is 0.279. The first-order chi connectivity index (χ1) is 8.56.